The standard InChI is InChI=1S/C36H34IN2O.BF4/c1-23-18-24(2)35(25(3)19-23)37-27-10-9-11-28(21-27)40-29-14-15-33-31(22-29)30-12-7-8-13-32(30)39(33)34-20-26(16-17-38-34)36(4,5)6;2-1(3,4)5/h7-22H,1-6H3;/q+1;-1. The van der Waals surface area contributed by atoms with Crippen LogP contribution in [0.25, 0.3) is 27.6 Å². The number of aromatic nitrogens is 2. The largest absolute Gasteiger partial charge is 0.673 e. The van der Waals surface area contributed by atoms with Crippen LogP contribution in [0.1, 0.15) is 43.0 Å². The maximum atomic E-state index is 9.75. The smallest absolute Gasteiger partial charge is 0.457 e. The minimum absolute atomic E-state index is 0.0467. The summed E-state index contributed by atoms with van der Waals surface area (Å²) in [7, 11) is -6.00. The topological polar surface area (TPSA) is 27.1 Å². The molecule has 232 valence electrons. The molecule has 0 aliphatic rings. The normalized spacial score (nSPS) is 11.9. The van der Waals surface area contributed by atoms with Crippen molar-refractivity contribution >= 4 is 29.1 Å². The van der Waals surface area contributed by atoms with E-state index >= 15 is 0 Å². The Morgan fingerprint density at radius 1 is 0.711 bits per heavy atom. The Morgan fingerprint density at radius 3 is 2.04 bits per heavy atom. The fraction of sp³-hybridized carbons (Fsp3) is 0.194. The second-order valence-corrected chi connectivity index (χ2v) is 14.9. The van der Waals surface area contributed by atoms with Gasteiger partial charge in [-0.05, 0) is 80.3 Å². The number of ether oxygens (including phenoxy) is 1. The number of pyridine rings is 1. The summed E-state index contributed by atoms with van der Waals surface area (Å²) in [6.45, 7) is 13.3. The molecule has 0 saturated heterocycles. The molecule has 9 heteroatoms. The summed E-state index contributed by atoms with van der Waals surface area (Å²) >= 11 is -0.298. The van der Waals surface area contributed by atoms with Crippen LogP contribution in [-0.2, 0) is 5.41 Å². The first-order valence-electron chi connectivity index (χ1n) is 14.6. The predicted molar refractivity (Wildman–Crippen MR) is 172 cm³/mol. The van der Waals surface area contributed by atoms with Crippen LogP contribution in [0.15, 0.2) is 97.2 Å². The molecule has 0 spiro atoms. The van der Waals surface area contributed by atoms with Gasteiger partial charge in [-0.1, -0.05) is 62.7 Å². The minimum atomic E-state index is -6.00. The van der Waals surface area contributed by atoms with Crippen LogP contribution in [0.2, 0.25) is 0 Å². The van der Waals surface area contributed by atoms with E-state index in [9.17, 15) is 17.3 Å². The lowest BCUT2D eigenvalue weighted by Crippen LogP contribution is -3.62. The number of aryl methyl sites for hydroxylation is 3. The van der Waals surface area contributed by atoms with Gasteiger partial charge in [-0.2, -0.15) is 0 Å². The molecule has 0 bridgehead atoms. The molecule has 0 aliphatic heterocycles. The van der Waals surface area contributed by atoms with Crippen LogP contribution in [0.4, 0.5) is 17.3 Å². The molecule has 6 rings (SSSR count). The van der Waals surface area contributed by atoms with Gasteiger partial charge in [0.2, 0.25) is 0 Å². The molecule has 0 aliphatic carbocycles. The molecule has 0 N–H and O–H groups in total. The van der Waals surface area contributed by atoms with E-state index in [4.69, 9.17) is 9.72 Å². The summed E-state index contributed by atoms with van der Waals surface area (Å²) in [5.41, 5.74) is 7.68. The molecule has 0 fully saturated rings. The van der Waals surface area contributed by atoms with Crippen molar-refractivity contribution < 1.29 is 43.2 Å². The first kappa shape index (κ1) is 32.5. The summed E-state index contributed by atoms with van der Waals surface area (Å²) in [4.78, 5) is 4.78. The lowest BCUT2D eigenvalue weighted by Gasteiger charge is -2.20. The van der Waals surface area contributed by atoms with Crippen LogP contribution >= 0.6 is 0 Å². The summed E-state index contributed by atoms with van der Waals surface area (Å²) in [6.07, 6.45) is 1.92. The molecule has 45 heavy (non-hydrogen) atoms. The third-order valence-corrected chi connectivity index (χ3v) is 10.8. The maximum Gasteiger partial charge on any atom is 0.673 e. The van der Waals surface area contributed by atoms with E-state index < -0.39 is 7.25 Å². The second kappa shape index (κ2) is 12.9. The van der Waals surface area contributed by atoms with Crippen molar-refractivity contribution in [1.82, 2.24) is 9.55 Å². The SMILES string of the molecule is Cc1cc(C)c([I+]c2cccc(Oc3ccc4c(c3)c3ccccc3n4-c3cc(C(C)(C)C)ccn3)c2)c(C)c1.F[B-](F)(F)F. The summed E-state index contributed by atoms with van der Waals surface area (Å²) in [5.74, 6) is 2.65. The summed E-state index contributed by atoms with van der Waals surface area (Å²) in [6, 6.07) is 32.5. The monoisotopic (exact) mass is 724 g/mol. The Kier molecular flexibility index (Phi) is 9.30. The van der Waals surface area contributed by atoms with Gasteiger partial charge >= 0.3 is 28.5 Å². The zero-order valence-electron chi connectivity index (χ0n) is 26.0. The van der Waals surface area contributed by atoms with Gasteiger partial charge in [-0.25, -0.2) is 4.98 Å². The van der Waals surface area contributed by atoms with Crippen LogP contribution in [0.5, 0.6) is 11.5 Å². The molecule has 0 saturated carbocycles. The molecular formula is C36H34BF4IN2O. The fourth-order valence-electron chi connectivity index (χ4n) is 5.42. The molecule has 0 atom stereocenters. The zero-order chi connectivity index (χ0) is 32.5. The molecule has 3 nitrogen and oxygen atoms in total. The highest BCUT2D eigenvalue weighted by molar-refractivity contribution is 6.50. The van der Waals surface area contributed by atoms with Gasteiger partial charge in [0.1, 0.15) is 17.3 Å². The van der Waals surface area contributed by atoms with Crippen LogP contribution in [0, 0.1) is 27.9 Å². The number of halogens is 5. The Balaban J connectivity index is 0.000000743. The summed E-state index contributed by atoms with van der Waals surface area (Å²) in [5, 5.41) is 2.35. The van der Waals surface area contributed by atoms with Gasteiger partial charge < -0.3 is 22.0 Å². The number of benzene rings is 4. The van der Waals surface area contributed by atoms with Crippen LogP contribution < -0.4 is 25.9 Å². The second-order valence-electron chi connectivity index (χ2n) is 12.0. The van der Waals surface area contributed by atoms with E-state index in [0.29, 0.717) is 0 Å². The van der Waals surface area contributed by atoms with Gasteiger partial charge in [0, 0.05) is 34.2 Å². The Morgan fingerprint density at radius 2 is 1.36 bits per heavy atom. The number of hydrogen-bond donors (Lipinski definition) is 0. The average Bonchev–Trinajstić information content (AvgIpc) is 3.28. The van der Waals surface area contributed by atoms with Gasteiger partial charge in [-0.15, -0.1) is 0 Å². The number of hydrogen-bond acceptors (Lipinski definition) is 2. The number of rotatable bonds is 5. The van der Waals surface area contributed by atoms with E-state index in [1.165, 1.54) is 34.8 Å². The van der Waals surface area contributed by atoms with Gasteiger partial charge in [0.25, 0.3) is 0 Å². The first-order valence-corrected chi connectivity index (χ1v) is 16.7. The Labute approximate surface area is 271 Å². The van der Waals surface area contributed by atoms with Crippen LogP contribution in [-0.4, -0.2) is 16.8 Å². The Hall–Kier alpha value is -3.86. The molecule has 6 aromatic rings. The van der Waals surface area contributed by atoms with Crippen molar-refractivity contribution in [2.24, 2.45) is 0 Å². The van der Waals surface area contributed by atoms with Crippen molar-refractivity contribution in [1.29, 1.82) is 0 Å². The third kappa shape index (κ3) is 7.87. The average molecular weight is 724 g/mol. The predicted octanol–water partition coefficient (Wildman–Crippen LogP) is 7.62. The van der Waals surface area contributed by atoms with Crippen molar-refractivity contribution in [2.45, 2.75) is 47.0 Å². The maximum absolute atomic E-state index is 9.75. The quantitative estimate of drug-likeness (QED) is 0.104. The Bertz CT molecular complexity index is 1970. The van der Waals surface area contributed by atoms with Crippen molar-refractivity contribution in [2.75, 3.05) is 0 Å². The van der Waals surface area contributed by atoms with E-state index in [1.54, 1.807) is 0 Å². The van der Waals surface area contributed by atoms with Gasteiger partial charge in [-0.3, -0.25) is 4.57 Å². The van der Waals surface area contributed by atoms with E-state index in [1.807, 2.05) is 6.20 Å². The molecule has 4 aromatic carbocycles. The molecule has 0 amide bonds. The first-order chi connectivity index (χ1) is 21.2. The molecular weight excluding hydrogens is 690 g/mol. The van der Waals surface area contributed by atoms with Crippen molar-refractivity contribution in [3.63, 3.8) is 0 Å². The molecule has 0 radical (unpaired) electrons. The third-order valence-electron chi connectivity index (χ3n) is 7.30. The van der Waals surface area contributed by atoms with Crippen molar-refractivity contribution in [3.8, 4) is 17.3 Å². The minimum Gasteiger partial charge on any atom is -0.457 e. The van der Waals surface area contributed by atoms with E-state index in [2.05, 4.69) is 137 Å². The number of fused-ring (bicyclic) bond motifs is 3. The zero-order valence-corrected chi connectivity index (χ0v) is 28.2. The lowest BCUT2D eigenvalue weighted by molar-refractivity contribution is -0.598. The summed E-state index contributed by atoms with van der Waals surface area (Å²) < 4.78 is 50.6. The van der Waals surface area contributed by atoms with Crippen molar-refractivity contribution in [3.05, 3.63) is 127 Å². The van der Waals surface area contributed by atoms with E-state index in [-0.39, 0.29) is 26.6 Å². The lowest BCUT2D eigenvalue weighted by atomic mass is 9.88. The van der Waals surface area contributed by atoms with Crippen LogP contribution in [0.3, 0.4) is 0 Å². The fourth-order valence-corrected chi connectivity index (χ4v) is 8.05. The highest BCUT2D eigenvalue weighted by atomic mass is 127. The highest BCUT2D eigenvalue weighted by Gasteiger charge is 2.23. The molecule has 0 unspecified atom stereocenters. The number of nitrogens with zero attached hydrogens (tertiary/aromatic N) is 2. The highest BCUT2D eigenvalue weighted by Crippen LogP contribution is 2.35. The molecule has 2 aromatic heterocycles. The van der Waals surface area contributed by atoms with E-state index in [0.717, 1.165) is 33.7 Å². The van der Waals surface area contributed by atoms with Gasteiger partial charge in [0.05, 0.1) is 11.0 Å². The van der Waals surface area contributed by atoms with Gasteiger partial charge in [0.15, 0.2) is 7.14 Å². The number of para-hydroxylation sites is 1. The molecule has 2 heterocycles.